The van der Waals surface area contributed by atoms with Crippen LogP contribution in [0.4, 0.5) is 17.6 Å². The number of hydrogen-bond acceptors (Lipinski definition) is 3. The second kappa shape index (κ2) is 9.26. The largest absolute Gasteiger partial charge is 0.430 e. The van der Waals surface area contributed by atoms with Gasteiger partial charge in [0.15, 0.2) is 0 Å². The van der Waals surface area contributed by atoms with E-state index in [0.29, 0.717) is 19.4 Å². The van der Waals surface area contributed by atoms with Crippen LogP contribution in [0.25, 0.3) is 0 Å². The molecule has 188 valence electrons. The van der Waals surface area contributed by atoms with Crippen molar-refractivity contribution in [3.05, 3.63) is 71.0 Å². The van der Waals surface area contributed by atoms with Crippen molar-refractivity contribution in [2.45, 2.75) is 43.9 Å². The van der Waals surface area contributed by atoms with E-state index in [9.17, 15) is 27.2 Å². The van der Waals surface area contributed by atoms with Crippen molar-refractivity contribution in [2.24, 2.45) is 5.41 Å². The molecule has 2 saturated heterocycles. The molecule has 35 heavy (non-hydrogen) atoms. The summed E-state index contributed by atoms with van der Waals surface area (Å²) in [6.07, 6.45) is -4.09. The van der Waals surface area contributed by atoms with Crippen LogP contribution in [0.5, 0.6) is 0 Å². The number of rotatable bonds is 4. The van der Waals surface area contributed by atoms with Crippen LogP contribution in [0.2, 0.25) is 0 Å². The Bertz CT molecular complexity index is 1100. The minimum atomic E-state index is -4.98. The molecule has 0 aromatic heterocycles. The molecule has 0 aliphatic carbocycles. The van der Waals surface area contributed by atoms with Gasteiger partial charge in [-0.15, -0.1) is 0 Å². The molecule has 2 fully saturated rings. The number of amides is 2. The van der Waals surface area contributed by atoms with Gasteiger partial charge in [0.1, 0.15) is 5.82 Å². The fourth-order valence-electron chi connectivity index (χ4n) is 5.71. The predicted molar refractivity (Wildman–Crippen MR) is 121 cm³/mol. The number of ether oxygens (including phenoxy) is 1. The van der Waals surface area contributed by atoms with E-state index in [1.54, 1.807) is 19.1 Å². The first-order chi connectivity index (χ1) is 16.5. The molecule has 1 N–H and O–H groups in total. The van der Waals surface area contributed by atoms with Gasteiger partial charge in [0.05, 0.1) is 0 Å². The summed E-state index contributed by atoms with van der Waals surface area (Å²) in [6, 6.07) is 11.4. The molecule has 0 radical (unpaired) electrons. The zero-order valence-electron chi connectivity index (χ0n) is 19.6. The molecule has 2 amide bonds. The van der Waals surface area contributed by atoms with Crippen molar-refractivity contribution in [3.63, 3.8) is 0 Å². The smallest absolute Gasteiger partial charge is 0.356 e. The third-order valence-electron chi connectivity index (χ3n) is 7.60. The molecule has 2 heterocycles. The molecule has 2 atom stereocenters. The highest BCUT2D eigenvalue weighted by Gasteiger charge is 2.64. The van der Waals surface area contributed by atoms with Gasteiger partial charge in [-0.25, -0.2) is 4.39 Å². The van der Waals surface area contributed by atoms with Gasteiger partial charge >= 0.3 is 6.18 Å². The highest BCUT2D eigenvalue weighted by atomic mass is 19.4. The van der Waals surface area contributed by atoms with Gasteiger partial charge in [-0.3, -0.25) is 9.59 Å². The minimum Gasteiger partial charge on any atom is -0.356 e. The van der Waals surface area contributed by atoms with Gasteiger partial charge < -0.3 is 15.0 Å². The Hall–Kier alpha value is -2.94. The van der Waals surface area contributed by atoms with Crippen LogP contribution >= 0.6 is 0 Å². The maximum absolute atomic E-state index is 14.4. The topological polar surface area (TPSA) is 58.6 Å². The summed E-state index contributed by atoms with van der Waals surface area (Å²) in [4.78, 5) is 27.0. The number of aryl methyl sites for hydroxylation is 1. The normalized spacial score (nSPS) is 21.9. The zero-order chi connectivity index (χ0) is 25.4. The molecular weight excluding hydrogens is 464 g/mol. The lowest BCUT2D eigenvalue weighted by Gasteiger charge is -2.50. The molecule has 1 unspecified atom stereocenters. The van der Waals surface area contributed by atoms with Crippen LogP contribution in [-0.2, 0) is 19.9 Å². The van der Waals surface area contributed by atoms with E-state index in [0.717, 1.165) is 18.2 Å². The highest BCUT2D eigenvalue weighted by Crippen LogP contribution is 2.51. The summed E-state index contributed by atoms with van der Waals surface area (Å²) in [7, 11) is 0.892. The number of carbonyl (C=O) groups is 2. The summed E-state index contributed by atoms with van der Waals surface area (Å²) >= 11 is 0. The maximum Gasteiger partial charge on any atom is 0.430 e. The first kappa shape index (κ1) is 25.2. The molecule has 9 heteroatoms. The lowest BCUT2D eigenvalue weighted by Crippen LogP contribution is -2.60. The Balaban J connectivity index is 1.63. The number of hydrogen-bond donors (Lipinski definition) is 1. The highest BCUT2D eigenvalue weighted by molar-refractivity contribution is 5.88. The number of nitrogens with zero attached hydrogens (tertiary/aromatic N) is 1. The van der Waals surface area contributed by atoms with E-state index in [4.69, 9.17) is 4.74 Å². The first-order valence-electron chi connectivity index (χ1n) is 11.5. The average Bonchev–Trinajstić information content (AvgIpc) is 2.81. The molecule has 0 bridgehead atoms. The third-order valence-corrected chi connectivity index (χ3v) is 7.60. The van der Waals surface area contributed by atoms with E-state index in [1.165, 1.54) is 41.3 Å². The van der Waals surface area contributed by atoms with Crippen LogP contribution < -0.4 is 5.32 Å². The number of nitrogens with one attached hydrogen (secondary N) is 1. The van der Waals surface area contributed by atoms with Crippen molar-refractivity contribution in [1.29, 1.82) is 0 Å². The molecule has 2 aromatic carbocycles. The molecular formula is C26H28F4N2O3. The maximum atomic E-state index is 14.4. The Morgan fingerprint density at radius 2 is 1.77 bits per heavy atom. The van der Waals surface area contributed by atoms with E-state index >= 15 is 0 Å². The molecule has 2 aliphatic rings. The van der Waals surface area contributed by atoms with Gasteiger partial charge in [0, 0.05) is 44.6 Å². The van der Waals surface area contributed by atoms with Crippen molar-refractivity contribution < 1.29 is 31.9 Å². The van der Waals surface area contributed by atoms with Crippen molar-refractivity contribution >= 4 is 11.8 Å². The fraction of sp³-hybridized carbons (Fsp3) is 0.462. The zero-order valence-corrected chi connectivity index (χ0v) is 19.6. The summed E-state index contributed by atoms with van der Waals surface area (Å²) in [5, 5.41) is 2.87. The minimum absolute atomic E-state index is 0.0525. The number of halogens is 4. The molecule has 4 rings (SSSR count). The first-order valence-corrected chi connectivity index (χ1v) is 11.5. The second-order valence-electron chi connectivity index (χ2n) is 9.44. The van der Waals surface area contributed by atoms with Crippen LogP contribution in [-0.4, -0.2) is 49.6 Å². The molecule has 2 aromatic rings. The second-order valence-corrected chi connectivity index (χ2v) is 9.44. The molecule has 5 nitrogen and oxygen atoms in total. The Kier molecular flexibility index (Phi) is 6.66. The lowest BCUT2D eigenvalue weighted by atomic mass is 9.62. The van der Waals surface area contributed by atoms with E-state index < -0.39 is 23.1 Å². The van der Waals surface area contributed by atoms with Crippen LogP contribution in [0.3, 0.4) is 0 Å². The van der Waals surface area contributed by atoms with Crippen molar-refractivity contribution in [3.8, 4) is 0 Å². The Morgan fingerprint density at radius 3 is 2.34 bits per heavy atom. The monoisotopic (exact) mass is 492 g/mol. The summed E-state index contributed by atoms with van der Waals surface area (Å²) in [5.41, 5.74) is -2.28. The third kappa shape index (κ3) is 4.30. The number of benzene rings is 2. The molecule has 0 saturated carbocycles. The number of methoxy groups -OCH3 is 1. The van der Waals surface area contributed by atoms with Crippen molar-refractivity contribution in [1.82, 2.24) is 10.2 Å². The summed E-state index contributed by atoms with van der Waals surface area (Å²) < 4.78 is 61.8. The number of alkyl halides is 3. The van der Waals surface area contributed by atoms with Crippen LogP contribution in [0, 0.1) is 18.2 Å². The van der Waals surface area contributed by atoms with Crippen molar-refractivity contribution in [2.75, 3.05) is 26.7 Å². The SMILES string of the molecule is CO[C@@](C(=O)N1CCC2(CC1)CC(=O)NCC2c1ccc(F)cc1C)(c1ccccc1)C(F)(F)F. The molecule has 1 spiro atoms. The van der Waals surface area contributed by atoms with E-state index in [1.807, 2.05) is 0 Å². The van der Waals surface area contributed by atoms with E-state index in [-0.39, 0.29) is 42.7 Å². The average molecular weight is 493 g/mol. The Labute approximate surface area is 201 Å². The van der Waals surface area contributed by atoms with Gasteiger partial charge in [0.25, 0.3) is 11.5 Å². The Morgan fingerprint density at radius 1 is 1.11 bits per heavy atom. The van der Waals surface area contributed by atoms with Gasteiger partial charge in [-0.1, -0.05) is 36.4 Å². The standard InChI is InChI=1S/C26H28F4N2O3/c1-17-14-19(27)8-9-20(17)21-16-31-22(33)15-24(21)10-12-32(13-11-24)23(34)25(35-2,26(28,29)30)18-6-4-3-5-7-18/h3-9,14,21H,10-13,15-16H2,1-2H3,(H,31,33)/t21?,25-/m1/s1. The van der Waals surface area contributed by atoms with Crippen LogP contribution in [0.1, 0.15) is 41.9 Å². The van der Waals surface area contributed by atoms with Gasteiger partial charge in [-0.2, -0.15) is 13.2 Å². The van der Waals surface area contributed by atoms with Gasteiger partial charge in [-0.05, 0) is 48.4 Å². The molecule has 2 aliphatic heterocycles. The van der Waals surface area contributed by atoms with E-state index in [2.05, 4.69) is 5.32 Å². The summed E-state index contributed by atoms with van der Waals surface area (Å²) in [5.74, 6) is -1.79. The van der Waals surface area contributed by atoms with Gasteiger partial charge in [0.2, 0.25) is 5.91 Å². The fourth-order valence-corrected chi connectivity index (χ4v) is 5.71. The number of carbonyl (C=O) groups excluding carboxylic acids is 2. The predicted octanol–water partition coefficient (Wildman–Crippen LogP) is 4.45. The quantitative estimate of drug-likeness (QED) is 0.642. The number of likely N-dealkylation sites (tertiary alicyclic amines) is 1. The lowest BCUT2D eigenvalue weighted by molar-refractivity contribution is -0.271. The van der Waals surface area contributed by atoms with Crippen LogP contribution in [0.15, 0.2) is 48.5 Å². The number of piperidine rings is 2. The summed E-state index contributed by atoms with van der Waals surface area (Å²) in [6.45, 7) is 2.26.